The second-order valence-electron chi connectivity index (χ2n) is 3.84. The van der Waals surface area contributed by atoms with E-state index in [9.17, 15) is 9.59 Å². The summed E-state index contributed by atoms with van der Waals surface area (Å²) < 4.78 is 5.09. The molecule has 18 heavy (non-hydrogen) atoms. The monoisotopic (exact) mass is 254 g/mol. The van der Waals surface area contributed by atoms with Crippen LogP contribution < -0.4 is 15.5 Å². The van der Waals surface area contributed by atoms with E-state index >= 15 is 0 Å². The molecule has 3 N–H and O–H groups in total. The molecule has 0 radical (unpaired) electrons. The third kappa shape index (κ3) is 4.58. The molecule has 100 valence electrons. The molecule has 1 aromatic heterocycles. The van der Waals surface area contributed by atoms with Gasteiger partial charge in [0.25, 0.3) is 5.91 Å². The molecule has 0 saturated carbocycles. The Hall–Kier alpha value is -1.82. The molecule has 0 saturated heterocycles. The van der Waals surface area contributed by atoms with Gasteiger partial charge in [0.1, 0.15) is 0 Å². The zero-order valence-electron chi connectivity index (χ0n) is 10.4. The van der Waals surface area contributed by atoms with Gasteiger partial charge in [0.05, 0.1) is 6.61 Å². The minimum Gasteiger partial charge on any atom is -0.478 e. The summed E-state index contributed by atoms with van der Waals surface area (Å²) in [5.41, 5.74) is 0.0407. The van der Waals surface area contributed by atoms with Crippen molar-refractivity contribution >= 4 is 5.91 Å². The minimum atomic E-state index is -0.362. The van der Waals surface area contributed by atoms with Crippen molar-refractivity contribution in [2.75, 3.05) is 13.2 Å². The molecule has 6 nitrogen and oxygen atoms in total. The van der Waals surface area contributed by atoms with Crippen molar-refractivity contribution in [1.82, 2.24) is 10.3 Å². The summed E-state index contributed by atoms with van der Waals surface area (Å²) >= 11 is 0. The normalized spacial score (nSPS) is 10.1. The molecule has 1 rings (SSSR count). The van der Waals surface area contributed by atoms with Gasteiger partial charge in [-0.25, -0.2) is 0 Å². The molecule has 0 bridgehead atoms. The fourth-order valence-corrected chi connectivity index (χ4v) is 1.30. The Balaban J connectivity index is 2.43. The highest BCUT2D eigenvalue weighted by molar-refractivity contribution is 5.77. The van der Waals surface area contributed by atoms with Crippen LogP contribution in [0.15, 0.2) is 17.1 Å². The standard InChI is InChI=1S/C12H18N2O4/c1-2-3-4-13-12(17)8-18-11-6-14-9(7-15)5-10(11)16/h5-6,15H,2-4,7-8H2,1H3,(H,13,17)(H,14,16). The fraction of sp³-hybridized carbons (Fsp3) is 0.500. The lowest BCUT2D eigenvalue weighted by molar-refractivity contribution is -0.123. The summed E-state index contributed by atoms with van der Waals surface area (Å²) in [5, 5.41) is 11.5. The topological polar surface area (TPSA) is 91.4 Å². The molecule has 0 unspecified atom stereocenters. The highest BCUT2D eigenvalue weighted by Crippen LogP contribution is 2.01. The van der Waals surface area contributed by atoms with E-state index in [0.717, 1.165) is 12.8 Å². The number of carbonyl (C=O) groups excluding carboxylic acids is 1. The van der Waals surface area contributed by atoms with Gasteiger partial charge in [-0.3, -0.25) is 9.59 Å². The van der Waals surface area contributed by atoms with Crippen molar-refractivity contribution in [3.05, 3.63) is 28.2 Å². The van der Waals surface area contributed by atoms with Crippen LogP contribution in [0, 0.1) is 0 Å². The van der Waals surface area contributed by atoms with Crippen LogP contribution in [0.5, 0.6) is 5.75 Å². The number of rotatable bonds is 7. The van der Waals surface area contributed by atoms with Gasteiger partial charge in [0, 0.05) is 24.5 Å². The van der Waals surface area contributed by atoms with E-state index in [1.807, 2.05) is 6.92 Å². The number of hydrogen-bond acceptors (Lipinski definition) is 4. The summed E-state index contributed by atoms with van der Waals surface area (Å²) in [6.07, 6.45) is 3.26. The number of H-pyrrole nitrogens is 1. The van der Waals surface area contributed by atoms with Crippen LogP contribution in [0.4, 0.5) is 0 Å². The number of ether oxygens (including phenoxy) is 1. The Bertz CT molecular complexity index is 442. The maximum absolute atomic E-state index is 11.5. The van der Waals surface area contributed by atoms with Gasteiger partial charge in [-0.1, -0.05) is 13.3 Å². The summed E-state index contributed by atoms with van der Waals surface area (Å²) in [6.45, 7) is 2.21. The van der Waals surface area contributed by atoms with E-state index in [-0.39, 0.29) is 30.3 Å². The van der Waals surface area contributed by atoms with E-state index in [0.29, 0.717) is 12.2 Å². The Labute approximate surface area is 105 Å². The highest BCUT2D eigenvalue weighted by atomic mass is 16.5. The smallest absolute Gasteiger partial charge is 0.257 e. The molecule has 0 aliphatic rings. The quantitative estimate of drug-likeness (QED) is 0.604. The third-order valence-corrected chi connectivity index (χ3v) is 2.32. The minimum absolute atomic E-state index is 0.0674. The van der Waals surface area contributed by atoms with Gasteiger partial charge in [-0.05, 0) is 6.42 Å². The van der Waals surface area contributed by atoms with E-state index in [4.69, 9.17) is 9.84 Å². The van der Waals surface area contributed by atoms with Gasteiger partial charge >= 0.3 is 0 Å². The number of unbranched alkanes of at least 4 members (excludes halogenated alkanes) is 1. The van der Waals surface area contributed by atoms with Crippen molar-refractivity contribution in [3.8, 4) is 5.75 Å². The number of nitrogens with one attached hydrogen (secondary N) is 2. The highest BCUT2D eigenvalue weighted by Gasteiger charge is 2.05. The molecule has 1 heterocycles. The van der Waals surface area contributed by atoms with Crippen LogP contribution in [-0.4, -0.2) is 29.1 Å². The average molecular weight is 254 g/mol. The molecule has 1 aromatic rings. The van der Waals surface area contributed by atoms with Crippen LogP contribution in [-0.2, 0) is 11.4 Å². The number of amides is 1. The Morgan fingerprint density at radius 2 is 2.33 bits per heavy atom. The molecule has 0 spiro atoms. The third-order valence-electron chi connectivity index (χ3n) is 2.32. The van der Waals surface area contributed by atoms with E-state index in [1.54, 1.807) is 0 Å². The summed E-state index contributed by atoms with van der Waals surface area (Å²) in [4.78, 5) is 25.5. The van der Waals surface area contributed by atoms with Crippen LogP contribution in [0.3, 0.4) is 0 Å². The lowest BCUT2D eigenvalue weighted by atomic mass is 10.3. The van der Waals surface area contributed by atoms with E-state index in [1.165, 1.54) is 12.3 Å². The maximum atomic E-state index is 11.5. The van der Waals surface area contributed by atoms with Crippen molar-refractivity contribution in [2.24, 2.45) is 0 Å². The number of pyridine rings is 1. The zero-order valence-corrected chi connectivity index (χ0v) is 10.4. The zero-order chi connectivity index (χ0) is 13.4. The van der Waals surface area contributed by atoms with Crippen molar-refractivity contribution in [3.63, 3.8) is 0 Å². The molecular formula is C12H18N2O4. The summed E-state index contributed by atoms with van der Waals surface area (Å²) in [7, 11) is 0. The number of aliphatic hydroxyl groups excluding tert-OH is 1. The van der Waals surface area contributed by atoms with Crippen LogP contribution in [0.1, 0.15) is 25.5 Å². The first kappa shape index (κ1) is 14.2. The van der Waals surface area contributed by atoms with E-state index in [2.05, 4.69) is 10.3 Å². The summed E-state index contributed by atoms with van der Waals surface area (Å²) in [5.74, 6) is -0.188. The first-order valence-electron chi connectivity index (χ1n) is 5.89. The fourth-order valence-electron chi connectivity index (χ4n) is 1.30. The van der Waals surface area contributed by atoms with Crippen LogP contribution in [0.2, 0.25) is 0 Å². The molecule has 6 heteroatoms. The second kappa shape index (κ2) is 7.50. The number of hydrogen-bond donors (Lipinski definition) is 3. The van der Waals surface area contributed by atoms with E-state index < -0.39 is 0 Å². The lowest BCUT2D eigenvalue weighted by Gasteiger charge is -2.06. The largest absolute Gasteiger partial charge is 0.478 e. The molecule has 0 atom stereocenters. The number of aromatic nitrogens is 1. The Morgan fingerprint density at radius 1 is 1.56 bits per heavy atom. The predicted octanol–water partition coefficient (Wildman–Crippen LogP) is 0.162. The first-order chi connectivity index (χ1) is 8.67. The Morgan fingerprint density at radius 3 is 2.94 bits per heavy atom. The SMILES string of the molecule is CCCCNC(=O)COc1c[nH]c(CO)cc1=O. The number of aromatic amines is 1. The van der Waals surface area contributed by atoms with Crippen molar-refractivity contribution < 1.29 is 14.6 Å². The predicted molar refractivity (Wildman–Crippen MR) is 66.4 cm³/mol. The molecule has 0 aliphatic carbocycles. The molecule has 0 fully saturated rings. The van der Waals surface area contributed by atoms with Gasteiger partial charge in [-0.15, -0.1) is 0 Å². The first-order valence-corrected chi connectivity index (χ1v) is 5.89. The lowest BCUT2D eigenvalue weighted by Crippen LogP contribution is -2.30. The Kier molecular flexibility index (Phi) is 5.93. The van der Waals surface area contributed by atoms with Crippen LogP contribution in [0.25, 0.3) is 0 Å². The second-order valence-corrected chi connectivity index (χ2v) is 3.84. The van der Waals surface area contributed by atoms with Gasteiger partial charge < -0.3 is 20.1 Å². The molecule has 1 amide bonds. The molecular weight excluding hydrogens is 236 g/mol. The van der Waals surface area contributed by atoms with Crippen molar-refractivity contribution in [1.29, 1.82) is 0 Å². The number of aliphatic hydroxyl groups is 1. The summed E-state index contributed by atoms with van der Waals surface area (Å²) in [6, 6.07) is 1.24. The van der Waals surface area contributed by atoms with Gasteiger partial charge in [0.2, 0.25) is 5.43 Å². The maximum Gasteiger partial charge on any atom is 0.257 e. The number of carbonyl (C=O) groups is 1. The van der Waals surface area contributed by atoms with Gasteiger partial charge in [-0.2, -0.15) is 0 Å². The average Bonchev–Trinajstić information content (AvgIpc) is 2.37. The van der Waals surface area contributed by atoms with Gasteiger partial charge in [0.15, 0.2) is 12.4 Å². The molecule has 0 aromatic carbocycles. The van der Waals surface area contributed by atoms with Crippen LogP contribution >= 0.6 is 0 Å². The molecule has 0 aliphatic heterocycles. The van der Waals surface area contributed by atoms with Crippen molar-refractivity contribution in [2.45, 2.75) is 26.4 Å².